The number of imidazole rings is 1. The van der Waals surface area contributed by atoms with E-state index < -0.39 is 0 Å². The van der Waals surface area contributed by atoms with Crippen molar-refractivity contribution in [2.75, 3.05) is 0 Å². The van der Waals surface area contributed by atoms with Crippen LogP contribution in [0.1, 0.15) is 109 Å². The Morgan fingerprint density at radius 2 is 1.28 bits per heavy atom. The molecular weight excluding hydrogens is 352 g/mol. The molecule has 0 aliphatic rings. The summed E-state index contributed by atoms with van der Waals surface area (Å²) < 4.78 is 5.03. The van der Waals surface area contributed by atoms with Crippen LogP contribution >= 0.6 is 0 Å². The summed E-state index contributed by atoms with van der Waals surface area (Å²) in [6.45, 7) is 6.91. The number of benzene rings is 1. The molecule has 0 amide bonds. The predicted molar refractivity (Wildman–Crippen MR) is 125 cm³/mol. The predicted octanol–water partition coefficient (Wildman–Crippen LogP) is 7.48. The lowest BCUT2D eigenvalue weighted by atomic mass is 10.1. The average molecular weight is 398 g/mol. The SMILES string of the molecule is CCCCCCCCCCC[n+]1ccn(CCCCCC)c1Cc1ccccc1. The maximum atomic E-state index is 2.52. The van der Waals surface area contributed by atoms with Crippen molar-refractivity contribution < 1.29 is 4.57 Å². The topological polar surface area (TPSA) is 8.81 Å². The fourth-order valence-corrected chi connectivity index (χ4v) is 4.19. The molecule has 0 bridgehead atoms. The average Bonchev–Trinajstić information content (AvgIpc) is 3.12. The first-order chi connectivity index (χ1) is 14.3. The van der Waals surface area contributed by atoms with Crippen molar-refractivity contribution in [2.24, 2.45) is 0 Å². The number of hydrogen-bond acceptors (Lipinski definition) is 0. The molecule has 0 unspecified atom stereocenters. The second-order valence-corrected chi connectivity index (χ2v) is 8.65. The minimum Gasteiger partial charge on any atom is -0.234 e. The summed E-state index contributed by atoms with van der Waals surface area (Å²) in [5.41, 5.74) is 1.42. The molecule has 2 nitrogen and oxygen atoms in total. The highest BCUT2D eigenvalue weighted by atomic mass is 15.1. The molecule has 162 valence electrons. The second-order valence-electron chi connectivity index (χ2n) is 8.65. The normalized spacial score (nSPS) is 11.2. The van der Waals surface area contributed by atoms with Crippen LogP contribution in [0.3, 0.4) is 0 Å². The number of aryl methyl sites for hydroxylation is 2. The molecule has 0 aliphatic carbocycles. The maximum Gasteiger partial charge on any atom is 0.260 e. The fraction of sp³-hybridized carbons (Fsp3) is 0.667. The first-order valence-electron chi connectivity index (χ1n) is 12.5. The van der Waals surface area contributed by atoms with Gasteiger partial charge in [-0.25, -0.2) is 9.13 Å². The third-order valence-electron chi connectivity index (χ3n) is 6.05. The standard InChI is InChI=1S/C27H45N2/c1-3-5-7-9-10-11-12-13-18-22-29-24-23-28(21-17-8-6-4-2)27(29)25-26-19-15-14-16-20-26/h14-16,19-20,23-24H,3-13,17-18,21-22,25H2,1-2H3/q+1. The van der Waals surface area contributed by atoms with Crippen LogP contribution in [0, 0.1) is 0 Å². The highest BCUT2D eigenvalue weighted by Crippen LogP contribution is 2.12. The van der Waals surface area contributed by atoms with Crippen LogP contribution in [0.4, 0.5) is 0 Å². The first kappa shape index (κ1) is 23.7. The van der Waals surface area contributed by atoms with Crippen LogP contribution in [-0.4, -0.2) is 4.57 Å². The zero-order chi connectivity index (χ0) is 20.6. The van der Waals surface area contributed by atoms with Crippen molar-refractivity contribution in [3.05, 3.63) is 54.1 Å². The molecule has 0 N–H and O–H groups in total. The van der Waals surface area contributed by atoms with Gasteiger partial charge < -0.3 is 0 Å². The quantitative estimate of drug-likeness (QED) is 0.193. The Morgan fingerprint density at radius 3 is 1.93 bits per heavy atom. The minimum absolute atomic E-state index is 1.04. The van der Waals surface area contributed by atoms with E-state index >= 15 is 0 Å². The van der Waals surface area contributed by atoms with E-state index in [1.807, 2.05) is 0 Å². The Morgan fingerprint density at radius 1 is 0.690 bits per heavy atom. The van der Waals surface area contributed by atoms with Crippen LogP contribution in [0.25, 0.3) is 0 Å². The summed E-state index contributed by atoms with van der Waals surface area (Å²) in [7, 11) is 0. The van der Waals surface area contributed by atoms with E-state index in [2.05, 4.69) is 65.7 Å². The Balaban J connectivity index is 1.81. The van der Waals surface area contributed by atoms with Crippen LogP contribution in [0.5, 0.6) is 0 Å². The molecule has 1 heterocycles. The van der Waals surface area contributed by atoms with Crippen molar-refractivity contribution >= 4 is 0 Å². The van der Waals surface area contributed by atoms with Crippen molar-refractivity contribution in [1.29, 1.82) is 0 Å². The number of nitrogens with zero attached hydrogens (tertiary/aromatic N) is 2. The molecule has 1 aromatic heterocycles. The molecule has 0 aliphatic heterocycles. The zero-order valence-corrected chi connectivity index (χ0v) is 19.2. The molecule has 2 aromatic rings. The van der Waals surface area contributed by atoms with Crippen molar-refractivity contribution in [1.82, 2.24) is 4.57 Å². The van der Waals surface area contributed by atoms with Crippen LogP contribution in [0.15, 0.2) is 42.7 Å². The van der Waals surface area contributed by atoms with E-state index in [9.17, 15) is 0 Å². The maximum absolute atomic E-state index is 2.52. The van der Waals surface area contributed by atoms with Crippen molar-refractivity contribution in [3.8, 4) is 0 Å². The summed E-state index contributed by atoms with van der Waals surface area (Å²) in [6.07, 6.45) is 23.5. The largest absolute Gasteiger partial charge is 0.260 e. The van der Waals surface area contributed by atoms with E-state index in [0.717, 1.165) is 13.0 Å². The lowest BCUT2D eigenvalue weighted by Crippen LogP contribution is -2.37. The van der Waals surface area contributed by atoms with Crippen molar-refractivity contribution in [3.63, 3.8) is 0 Å². The summed E-state index contributed by atoms with van der Waals surface area (Å²) in [6, 6.07) is 11.0. The van der Waals surface area contributed by atoms with Gasteiger partial charge in [0.25, 0.3) is 5.82 Å². The van der Waals surface area contributed by atoms with Gasteiger partial charge in [0, 0.05) is 0 Å². The van der Waals surface area contributed by atoms with Gasteiger partial charge in [0.15, 0.2) is 0 Å². The van der Waals surface area contributed by atoms with Gasteiger partial charge in [-0.05, 0) is 31.2 Å². The minimum atomic E-state index is 1.04. The van der Waals surface area contributed by atoms with Gasteiger partial charge in [-0.3, -0.25) is 0 Å². The van der Waals surface area contributed by atoms with E-state index in [-0.39, 0.29) is 0 Å². The van der Waals surface area contributed by atoms with Gasteiger partial charge >= 0.3 is 0 Å². The molecule has 2 rings (SSSR count). The van der Waals surface area contributed by atoms with Crippen LogP contribution < -0.4 is 4.57 Å². The summed E-state index contributed by atoms with van der Waals surface area (Å²) in [4.78, 5) is 0. The molecule has 0 radical (unpaired) electrons. The second kappa shape index (κ2) is 15.3. The number of aromatic nitrogens is 2. The van der Waals surface area contributed by atoms with Gasteiger partial charge in [0.05, 0.1) is 19.5 Å². The lowest BCUT2D eigenvalue weighted by molar-refractivity contribution is -0.703. The Kier molecular flexibility index (Phi) is 12.5. The molecule has 0 spiro atoms. The molecule has 1 aromatic carbocycles. The molecular formula is C27H45N2+. The Hall–Kier alpha value is -1.57. The number of hydrogen-bond donors (Lipinski definition) is 0. The van der Waals surface area contributed by atoms with Gasteiger partial charge in [0.1, 0.15) is 12.4 Å². The molecule has 0 saturated carbocycles. The summed E-state index contributed by atoms with van der Waals surface area (Å²) in [5.74, 6) is 1.48. The molecule has 0 saturated heterocycles. The van der Waals surface area contributed by atoms with E-state index in [1.165, 1.54) is 101 Å². The Bertz CT molecular complexity index is 629. The third-order valence-corrected chi connectivity index (χ3v) is 6.05. The lowest BCUT2D eigenvalue weighted by Gasteiger charge is -2.07. The fourth-order valence-electron chi connectivity index (χ4n) is 4.19. The molecule has 0 fully saturated rings. The molecule has 0 atom stereocenters. The van der Waals surface area contributed by atoms with E-state index in [0.29, 0.717) is 0 Å². The Labute approximate surface area is 180 Å². The first-order valence-corrected chi connectivity index (χ1v) is 12.5. The zero-order valence-electron chi connectivity index (χ0n) is 19.2. The monoisotopic (exact) mass is 397 g/mol. The third kappa shape index (κ3) is 9.65. The summed E-state index contributed by atoms with van der Waals surface area (Å²) in [5, 5.41) is 0. The highest BCUT2D eigenvalue weighted by Gasteiger charge is 2.17. The van der Waals surface area contributed by atoms with Crippen LogP contribution in [0.2, 0.25) is 0 Å². The van der Waals surface area contributed by atoms with Gasteiger partial charge in [-0.15, -0.1) is 0 Å². The van der Waals surface area contributed by atoms with Gasteiger partial charge in [-0.2, -0.15) is 0 Å². The summed E-state index contributed by atoms with van der Waals surface area (Å²) >= 11 is 0. The number of unbranched alkanes of at least 4 members (excludes halogenated alkanes) is 11. The van der Waals surface area contributed by atoms with Gasteiger partial charge in [-0.1, -0.05) is 102 Å². The highest BCUT2D eigenvalue weighted by molar-refractivity contribution is 5.18. The van der Waals surface area contributed by atoms with E-state index in [4.69, 9.17) is 0 Å². The number of rotatable bonds is 17. The van der Waals surface area contributed by atoms with Gasteiger partial charge in [0.2, 0.25) is 0 Å². The van der Waals surface area contributed by atoms with Crippen LogP contribution in [-0.2, 0) is 19.5 Å². The smallest absolute Gasteiger partial charge is 0.234 e. The molecule has 2 heteroatoms. The van der Waals surface area contributed by atoms with E-state index in [1.54, 1.807) is 0 Å². The molecule has 29 heavy (non-hydrogen) atoms. The van der Waals surface area contributed by atoms with Crippen molar-refractivity contribution in [2.45, 2.75) is 117 Å².